The van der Waals surface area contributed by atoms with Crippen molar-refractivity contribution in [1.29, 1.82) is 0 Å². The van der Waals surface area contributed by atoms with Gasteiger partial charge in [0.15, 0.2) is 11.5 Å². The molecule has 0 aliphatic rings. The van der Waals surface area contributed by atoms with E-state index >= 15 is 0 Å². The van der Waals surface area contributed by atoms with E-state index in [1.807, 2.05) is 18.2 Å². The van der Waals surface area contributed by atoms with Gasteiger partial charge in [-0.2, -0.15) is 0 Å². The highest BCUT2D eigenvalue weighted by Gasteiger charge is 2.06. The number of nitrogens with two attached hydrogens (primary N) is 1. The molecule has 0 saturated carbocycles. The largest absolute Gasteiger partial charge is 0.493 e. The third-order valence-corrected chi connectivity index (χ3v) is 2.85. The number of hydrogen-bond donors (Lipinski definition) is 1. The van der Waals surface area contributed by atoms with Crippen molar-refractivity contribution in [3.63, 3.8) is 0 Å². The third-order valence-electron chi connectivity index (χ3n) is 2.85. The number of benzene rings is 1. The molecule has 0 aliphatic carbocycles. The van der Waals surface area contributed by atoms with Crippen LogP contribution in [0.5, 0.6) is 11.5 Å². The van der Waals surface area contributed by atoms with E-state index in [4.69, 9.17) is 15.2 Å². The van der Waals surface area contributed by atoms with Gasteiger partial charge in [0, 0.05) is 11.9 Å². The second-order valence-electron chi connectivity index (χ2n) is 4.21. The average molecular weight is 258 g/mol. The summed E-state index contributed by atoms with van der Waals surface area (Å²) in [7, 11) is 1.64. The Kier molecular flexibility index (Phi) is 4.23. The summed E-state index contributed by atoms with van der Waals surface area (Å²) in [6, 6.07) is 9.49. The van der Waals surface area contributed by atoms with E-state index in [2.05, 4.69) is 11.9 Å². The molecule has 19 heavy (non-hydrogen) atoms. The quantitative estimate of drug-likeness (QED) is 0.896. The minimum Gasteiger partial charge on any atom is -0.493 e. The molecule has 1 aromatic heterocycles. The number of aryl methyl sites for hydroxylation is 1. The standard InChI is InChI=1S/C15H18N2O2/c1-3-11-4-5-14(15(8-11)18-2)19-10-13-9-12(16)6-7-17-13/h4-9H,3,10H2,1-2H3,(H2,16,17). The van der Waals surface area contributed by atoms with Gasteiger partial charge in [-0.15, -0.1) is 0 Å². The van der Waals surface area contributed by atoms with Gasteiger partial charge in [-0.3, -0.25) is 4.98 Å². The van der Waals surface area contributed by atoms with Crippen molar-refractivity contribution < 1.29 is 9.47 Å². The first-order valence-electron chi connectivity index (χ1n) is 6.23. The molecule has 4 nitrogen and oxygen atoms in total. The van der Waals surface area contributed by atoms with Gasteiger partial charge in [0.05, 0.1) is 12.8 Å². The lowest BCUT2D eigenvalue weighted by Crippen LogP contribution is -2.01. The van der Waals surface area contributed by atoms with Gasteiger partial charge >= 0.3 is 0 Å². The molecular weight excluding hydrogens is 240 g/mol. The zero-order chi connectivity index (χ0) is 13.7. The fraction of sp³-hybridized carbons (Fsp3) is 0.267. The molecule has 1 aromatic carbocycles. The van der Waals surface area contributed by atoms with Crippen LogP contribution in [0.25, 0.3) is 0 Å². The van der Waals surface area contributed by atoms with E-state index in [1.165, 1.54) is 5.56 Å². The Bertz CT molecular complexity index is 556. The molecule has 0 amide bonds. The van der Waals surface area contributed by atoms with Crippen molar-refractivity contribution in [3.05, 3.63) is 47.8 Å². The predicted molar refractivity (Wildman–Crippen MR) is 75.4 cm³/mol. The van der Waals surface area contributed by atoms with Crippen molar-refractivity contribution in [3.8, 4) is 11.5 Å². The number of nitrogen functional groups attached to an aromatic ring is 1. The summed E-state index contributed by atoms with van der Waals surface area (Å²) in [5.74, 6) is 1.45. The zero-order valence-electron chi connectivity index (χ0n) is 11.2. The van der Waals surface area contributed by atoms with Gasteiger partial charge in [-0.25, -0.2) is 0 Å². The zero-order valence-corrected chi connectivity index (χ0v) is 11.2. The molecule has 1 heterocycles. The number of methoxy groups -OCH3 is 1. The van der Waals surface area contributed by atoms with E-state index in [0.717, 1.165) is 17.9 Å². The number of rotatable bonds is 5. The van der Waals surface area contributed by atoms with Gasteiger partial charge in [0.2, 0.25) is 0 Å². The minimum absolute atomic E-state index is 0.368. The van der Waals surface area contributed by atoms with Crippen molar-refractivity contribution in [2.75, 3.05) is 12.8 Å². The number of anilines is 1. The van der Waals surface area contributed by atoms with E-state index in [-0.39, 0.29) is 0 Å². The van der Waals surface area contributed by atoms with Crippen LogP contribution in [0, 0.1) is 0 Å². The first-order chi connectivity index (χ1) is 9.22. The first kappa shape index (κ1) is 13.2. The van der Waals surface area contributed by atoms with Crippen LogP contribution < -0.4 is 15.2 Å². The van der Waals surface area contributed by atoms with Crippen molar-refractivity contribution >= 4 is 5.69 Å². The van der Waals surface area contributed by atoms with Crippen LogP contribution >= 0.6 is 0 Å². The van der Waals surface area contributed by atoms with Crippen molar-refractivity contribution in [1.82, 2.24) is 4.98 Å². The molecule has 4 heteroatoms. The summed E-state index contributed by atoms with van der Waals surface area (Å²) >= 11 is 0. The molecule has 0 radical (unpaired) electrons. The smallest absolute Gasteiger partial charge is 0.161 e. The van der Waals surface area contributed by atoms with Crippen LogP contribution in [0.15, 0.2) is 36.5 Å². The lowest BCUT2D eigenvalue weighted by Gasteiger charge is -2.11. The molecule has 0 spiro atoms. The molecule has 2 N–H and O–H groups in total. The molecular formula is C15H18N2O2. The van der Waals surface area contributed by atoms with Crippen LogP contribution in [0.4, 0.5) is 5.69 Å². The maximum absolute atomic E-state index is 5.73. The molecule has 0 bridgehead atoms. The van der Waals surface area contributed by atoms with E-state index in [0.29, 0.717) is 18.0 Å². The maximum Gasteiger partial charge on any atom is 0.161 e. The van der Waals surface area contributed by atoms with Gasteiger partial charge in [0.25, 0.3) is 0 Å². The maximum atomic E-state index is 5.73. The Labute approximate surface area is 113 Å². The Morgan fingerprint density at radius 2 is 2.00 bits per heavy atom. The summed E-state index contributed by atoms with van der Waals surface area (Å²) in [5.41, 5.74) is 8.39. The van der Waals surface area contributed by atoms with Crippen LogP contribution in [0.2, 0.25) is 0 Å². The third kappa shape index (κ3) is 3.37. The van der Waals surface area contributed by atoms with Crippen LogP contribution in [0.1, 0.15) is 18.2 Å². The lowest BCUT2D eigenvalue weighted by molar-refractivity contribution is 0.280. The second kappa shape index (κ2) is 6.09. The Balaban J connectivity index is 2.11. The highest BCUT2D eigenvalue weighted by Crippen LogP contribution is 2.28. The second-order valence-corrected chi connectivity index (χ2v) is 4.21. The van der Waals surface area contributed by atoms with Crippen LogP contribution in [-0.2, 0) is 13.0 Å². The monoisotopic (exact) mass is 258 g/mol. The highest BCUT2D eigenvalue weighted by molar-refractivity contribution is 5.43. The Morgan fingerprint density at radius 3 is 2.68 bits per heavy atom. The summed E-state index contributed by atoms with van der Waals surface area (Å²) < 4.78 is 11.1. The Morgan fingerprint density at radius 1 is 1.16 bits per heavy atom. The number of pyridine rings is 1. The predicted octanol–water partition coefficient (Wildman–Crippen LogP) is 2.81. The summed E-state index contributed by atoms with van der Waals surface area (Å²) in [4.78, 5) is 4.20. The summed E-state index contributed by atoms with van der Waals surface area (Å²) in [6.07, 6.45) is 2.64. The summed E-state index contributed by atoms with van der Waals surface area (Å²) in [5, 5.41) is 0. The van der Waals surface area contributed by atoms with Crippen molar-refractivity contribution in [2.45, 2.75) is 20.0 Å². The van der Waals surface area contributed by atoms with Crippen LogP contribution in [0.3, 0.4) is 0 Å². The highest BCUT2D eigenvalue weighted by atomic mass is 16.5. The first-order valence-corrected chi connectivity index (χ1v) is 6.23. The normalized spacial score (nSPS) is 10.2. The molecule has 0 aliphatic heterocycles. The fourth-order valence-electron chi connectivity index (χ4n) is 1.78. The average Bonchev–Trinajstić information content (AvgIpc) is 2.45. The Hall–Kier alpha value is -2.23. The molecule has 0 unspecified atom stereocenters. The SMILES string of the molecule is CCc1ccc(OCc2cc(N)ccn2)c(OC)c1. The lowest BCUT2D eigenvalue weighted by atomic mass is 10.1. The van der Waals surface area contributed by atoms with E-state index < -0.39 is 0 Å². The fourth-order valence-corrected chi connectivity index (χ4v) is 1.78. The molecule has 0 saturated heterocycles. The molecule has 100 valence electrons. The summed E-state index contributed by atoms with van der Waals surface area (Å²) in [6.45, 7) is 2.47. The van der Waals surface area contributed by atoms with Crippen molar-refractivity contribution in [2.24, 2.45) is 0 Å². The van der Waals surface area contributed by atoms with E-state index in [9.17, 15) is 0 Å². The molecule has 0 fully saturated rings. The minimum atomic E-state index is 0.368. The van der Waals surface area contributed by atoms with Gasteiger partial charge in [0.1, 0.15) is 6.61 Å². The van der Waals surface area contributed by atoms with Crippen LogP contribution in [-0.4, -0.2) is 12.1 Å². The number of hydrogen-bond acceptors (Lipinski definition) is 4. The van der Waals surface area contributed by atoms with E-state index in [1.54, 1.807) is 25.4 Å². The van der Waals surface area contributed by atoms with Gasteiger partial charge in [-0.1, -0.05) is 13.0 Å². The van der Waals surface area contributed by atoms with Gasteiger partial charge < -0.3 is 15.2 Å². The topological polar surface area (TPSA) is 57.4 Å². The molecule has 2 aromatic rings. The molecule has 0 atom stereocenters. The number of aromatic nitrogens is 1. The number of ether oxygens (including phenoxy) is 2. The molecule has 2 rings (SSSR count). The number of nitrogens with zero attached hydrogens (tertiary/aromatic N) is 1. The van der Waals surface area contributed by atoms with Gasteiger partial charge in [-0.05, 0) is 36.2 Å².